The zero-order valence-corrected chi connectivity index (χ0v) is 13.5. The van der Waals surface area contributed by atoms with Crippen molar-refractivity contribution in [3.8, 4) is 0 Å². The minimum atomic E-state index is -3.68. The maximum atomic E-state index is 12.7. The van der Waals surface area contributed by atoms with Crippen LogP contribution < -0.4 is 0 Å². The Morgan fingerprint density at radius 3 is 2.57 bits per heavy atom. The Hall–Kier alpha value is -1.50. The number of aryl methyl sites for hydroxylation is 1. The number of rotatable bonds is 4. The minimum Gasteiger partial charge on any atom is -0.389 e. The van der Waals surface area contributed by atoms with Crippen LogP contribution in [0.2, 0.25) is 0 Å². The first-order valence-electron chi connectivity index (χ1n) is 6.66. The number of benzene rings is 1. The molecule has 114 valence electrons. The van der Waals surface area contributed by atoms with Crippen molar-refractivity contribution in [1.29, 1.82) is 0 Å². The van der Waals surface area contributed by atoms with Crippen molar-refractivity contribution in [2.75, 3.05) is 13.6 Å². The maximum absolute atomic E-state index is 12.7. The van der Waals surface area contributed by atoms with Crippen molar-refractivity contribution >= 4 is 20.9 Å². The average molecular weight is 308 g/mol. The highest BCUT2D eigenvalue weighted by Crippen LogP contribution is 2.26. The zero-order valence-electron chi connectivity index (χ0n) is 12.7. The lowest BCUT2D eigenvalue weighted by Gasteiger charge is -2.25. The van der Waals surface area contributed by atoms with Crippen molar-refractivity contribution in [1.82, 2.24) is 9.29 Å². The van der Waals surface area contributed by atoms with E-state index < -0.39 is 15.6 Å². The molecule has 0 aliphatic heterocycles. The molecule has 0 spiro atoms. The molecule has 1 heterocycles. The molecule has 0 amide bonds. The Morgan fingerprint density at radius 2 is 1.95 bits per heavy atom. The Morgan fingerprint density at radius 1 is 1.29 bits per heavy atom. The van der Waals surface area contributed by atoms with E-state index in [1.165, 1.54) is 11.4 Å². The highest BCUT2D eigenvalue weighted by Gasteiger charge is 2.28. The highest BCUT2D eigenvalue weighted by atomic mass is 32.2. The van der Waals surface area contributed by atoms with Crippen molar-refractivity contribution in [2.45, 2.75) is 31.3 Å². The van der Waals surface area contributed by atoms with E-state index in [4.69, 9.17) is 0 Å². The molecule has 0 atom stereocenters. The van der Waals surface area contributed by atoms with Crippen LogP contribution in [0.5, 0.6) is 0 Å². The number of hydrogen-bond donors (Lipinski definition) is 1. The molecule has 6 heteroatoms. The third-order valence-electron chi connectivity index (χ3n) is 3.23. The van der Waals surface area contributed by atoms with Crippen LogP contribution in [0, 0.1) is 6.92 Å². The molecule has 0 aliphatic rings. The summed E-state index contributed by atoms with van der Waals surface area (Å²) in [4.78, 5) is 4.47. The van der Waals surface area contributed by atoms with Gasteiger partial charge in [-0.25, -0.2) is 8.42 Å². The lowest BCUT2D eigenvalue weighted by Crippen LogP contribution is -2.39. The number of fused-ring (bicyclic) bond motifs is 1. The number of hydrogen-bond acceptors (Lipinski definition) is 4. The van der Waals surface area contributed by atoms with Crippen LogP contribution in [0.4, 0.5) is 0 Å². The lowest BCUT2D eigenvalue weighted by atomic mass is 10.1. The molecular formula is C15H20N2O3S. The number of pyridine rings is 1. The lowest BCUT2D eigenvalue weighted by molar-refractivity contribution is 0.0640. The Labute approximate surface area is 125 Å². The predicted octanol–water partition coefficient (Wildman–Crippen LogP) is 1.93. The number of nitrogens with zero attached hydrogens (tertiary/aromatic N) is 2. The first-order chi connectivity index (χ1) is 9.63. The van der Waals surface area contributed by atoms with E-state index >= 15 is 0 Å². The molecule has 5 nitrogen and oxygen atoms in total. The van der Waals surface area contributed by atoms with Gasteiger partial charge in [0, 0.05) is 25.2 Å². The molecule has 0 radical (unpaired) electrons. The summed E-state index contributed by atoms with van der Waals surface area (Å²) in [5.74, 6) is 0. The van der Waals surface area contributed by atoms with Gasteiger partial charge >= 0.3 is 0 Å². The second kappa shape index (κ2) is 5.36. The standard InChI is InChI=1S/C15H20N2O3S/c1-11-7-8-13(12-6-5-9-16-14(11)12)21(19,20)17(4)10-15(2,3)18/h5-9,18H,10H2,1-4H3. The van der Waals surface area contributed by atoms with Crippen LogP contribution in [-0.4, -0.2) is 42.0 Å². The summed E-state index contributed by atoms with van der Waals surface area (Å²) in [6.45, 7) is 5.07. The van der Waals surface area contributed by atoms with Gasteiger partial charge in [-0.2, -0.15) is 4.31 Å². The Bertz CT molecular complexity index is 764. The van der Waals surface area contributed by atoms with Gasteiger partial charge in [0.25, 0.3) is 0 Å². The molecular weight excluding hydrogens is 288 g/mol. The van der Waals surface area contributed by atoms with E-state index in [1.807, 2.05) is 6.92 Å². The normalized spacial score (nSPS) is 13.0. The van der Waals surface area contributed by atoms with E-state index in [9.17, 15) is 13.5 Å². The summed E-state index contributed by atoms with van der Waals surface area (Å²) in [6, 6.07) is 6.81. The van der Waals surface area contributed by atoms with Crippen molar-refractivity contribution in [3.63, 3.8) is 0 Å². The van der Waals surface area contributed by atoms with E-state index in [1.54, 1.807) is 44.3 Å². The van der Waals surface area contributed by atoms with Gasteiger partial charge in [-0.15, -0.1) is 0 Å². The van der Waals surface area contributed by atoms with Crippen LogP contribution in [0.3, 0.4) is 0 Å². The minimum absolute atomic E-state index is 0.0188. The highest BCUT2D eigenvalue weighted by molar-refractivity contribution is 7.89. The third kappa shape index (κ3) is 3.23. The van der Waals surface area contributed by atoms with Crippen LogP contribution >= 0.6 is 0 Å². The topological polar surface area (TPSA) is 70.5 Å². The predicted molar refractivity (Wildman–Crippen MR) is 82.6 cm³/mol. The van der Waals surface area contributed by atoms with E-state index in [0.29, 0.717) is 10.9 Å². The Kier molecular flexibility index (Phi) is 4.06. The Balaban J connectivity index is 2.58. The van der Waals surface area contributed by atoms with Gasteiger partial charge in [0.1, 0.15) is 0 Å². The molecule has 0 fully saturated rings. The number of sulfonamides is 1. The molecule has 0 saturated carbocycles. The third-order valence-corrected chi connectivity index (χ3v) is 5.09. The maximum Gasteiger partial charge on any atom is 0.243 e. The van der Waals surface area contributed by atoms with Crippen molar-refractivity contribution < 1.29 is 13.5 Å². The van der Waals surface area contributed by atoms with Gasteiger partial charge in [-0.3, -0.25) is 4.98 Å². The second-order valence-electron chi connectivity index (χ2n) is 5.85. The average Bonchev–Trinajstić information content (AvgIpc) is 2.37. The monoisotopic (exact) mass is 308 g/mol. The van der Waals surface area contributed by atoms with Crippen LogP contribution in [0.15, 0.2) is 35.4 Å². The fourth-order valence-electron chi connectivity index (χ4n) is 2.31. The summed E-state index contributed by atoms with van der Waals surface area (Å²) < 4.78 is 26.6. The molecule has 1 N–H and O–H groups in total. The zero-order chi connectivity index (χ0) is 15.8. The number of likely N-dealkylation sites (N-methyl/N-ethyl adjacent to an activating group) is 1. The number of aromatic nitrogens is 1. The van der Waals surface area contributed by atoms with Crippen LogP contribution in [0.25, 0.3) is 10.9 Å². The van der Waals surface area contributed by atoms with Crippen LogP contribution in [0.1, 0.15) is 19.4 Å². The van der Waals surface area contributed by atoms with Gasteiger partial charge < -0.3 is 5.11 Å². The molecule has 0 bridgehead atoms. The molecule has 1 aromatic heterocycles. The van der Waals surface area contributed by atoms with Crippen LogP contribution in [-0.2, 0) is 10.0 Å². The summed E-state index contributed by atoms with van der Waals surface area (Å²) in [6.07, 6.45) is 1.65. The summed E-state index contributed by atoms with van der Waals surface area (Å²) >= 11 is 0. The summed E-state index contributed by atoms with van der Waals surface area (Å²) in [7, 11) is -2.21. The molecule has 2 rings (SSSR count). The van der Waals surface area contributed by atoms with Gasteiger partial charge in [0.15, 0.2) is 0 Å². The molecule has 0 unspecified atom stereocenters. The summed E-state index contributed by atoms with van der Waals surface area (Å²) in [5.41, 5.74) is 0.505. The summed E-state index contributed by atoms with van der Waals surface area (Å²) in [5, 5.41) is 10.4. The van der Waals surface area contributed by atoms with E-state index in [2.05, 4.69) is 4.98 Å². The molecule has 0 saturated heterocycles. The fraction of sp³-hybridized carbons (Fsp3) is 0.400. The molecule has 0 aliphatic carbocycles. The molecule has 2 aromatic rings. The van der Waals surface area contributed by atoms with Crippen molar-refractivity contribution in [3.05, 3.63) is 36.0 Å². The van der Waals surface area contributed by atoms with E-state index in [-0.39, 0.29) is 11.4 Å². The smallest absolute Gasteiger partial charge is 0.243 e. The largest absolute Gasteiger partial charge is 0.389 e. The second-order valence-corrected chi connectivity index (χ2v) is 7.87. The van der Waals surface area contributed by atoms with Gasteiger partial charge in [-0.1, -0.05) is 6.07 Å². The van der Waals surface area contributed by atoms with Gasteiger partial charge in [-0.05, 0) is 44.5 Å². The number of aliphatic hydroxyl groups is 1. The molecule has 21 heavy (non-hydrogen) atoms. The first kappa shape index (κ1) is 15.9. The quantitative estimate of drug-likeness (QED) is 0.937. The first-order valence-corrected chi connectivity index (χ1v) is 8.10. The van der Waals surface area contributed by atoms with Gasteiger partial charge in [0.05, 0.1) is 16.0 Å². The van der Waals surface area contributed by atoms with E-state index in [0.717, 1.165) is 5.56 Å². The SMILES string of the molecule is Cc1ccc(S(=O)(=O)N(C)CC(C)(C)O)c2cccnc12. The van der Waals surface area contributed by atoms with Crippen molar-refractivity contribution in [2.24, 2.45) is 0 Å². The molecule has 1 aromatic carbocycles. The fourth-order valence-corrected chi connectivity index (χ4v) is 3.81. The van der Waals surface area contributed by atoms with Gasteiger partial charge in [0.2, 0.25) is 10.0 Å².